The number of nitrogens with one attached hydrogen (secondary N) is 1. The van der Waals surface area contributed by atoms with Crippen LogP contribution >= 0.6 is 15.9 Å². The number of carbonyl (C=O) groups excluding carboxylic acids is 1. The van der Waals surface area contributed by atoms with Crippen LogP contribution in [0.5, 0.6) is 0 Å². The molecule has 1 atom stereocenters. The molecule has 1 unspecified atom stereocenters. The van der Waals surface area contributed by atoms with Crippen LogP contribution in [0.2, 0.25) is 0 Å². The molecular formula is C15H18BrN3O. The summed E-state index contributed by atoms with van der Waals surface area (Å²) < 4.78 is 0.888. The summed E-state index contributed by atoms with van der Waals surface area (Å²) in [5.41, 5.74) is 0.562. The maximum absolute atomic E-state index is 12.8. The standard InChI is InChI=1S/C15H18BrN3O/c1-15(2)8-10-18-12(7-9-17)14(20)19(15)13-6-4-3-5-11(13)16/h3-6,12,18H,7-8,10H2,1-2H3. The van der Waals surface area contributed by atoms with E-state index in [2.05, 4.69) is 41.2 Å². The normalized spacial score (nSPS) is 22.2. The molecule has 0 radical (unpaired) electrons. The van der Waals surface area contributed by atoms with Crippen molar-refractivity contribution in [3.63, 3.8) is 0 Å². The molecule has 1 fully saturated rings. The first-order valence-corrected chi connectivity index (χ1v) is 7.45. The van der Waals surface area contributed by atoms with Crippen LogP contribution < -0.4 is 10.2 Å². The number of halogens is 1. The molecule has 1 saturated heterocycles. The van der Waals surface area contributed by atoms with Gasteiger partial charge in [0.25, 0.3) is 0 Å². The van der Waals surface area contributed by atoms with Crippen LogP contribution in [0.4, 0.5) is 5.69 Å². The monoisotopic (exact) mass is 335 g/mol. The molecule has 1 N–H and O–H groups in total. The maximum Gasteiger partial charge on any atom is 0.245 e. The van der Waals surface area contributed by atoms with Crippen molar-refractivity contribution < 1.29 is 4.79 Å². The Hall–Kier alpha value is -1.38. The van der Waals surface area contributed by atoms with Crippen LogP contribution in [0.15, 0.2) is 28.7 Å². The quantitative estimate of drug-likeness (QED) is 0.904. The summed E-state index contributed by atoms with van der Waals surface area (Å²) in [5, 5.41) is 12.1. The second-order valence-electron chi connectivity index (χ2n) is 5.56. The minimum atomic E-state index is -0.436. The van der Waals surface area contributed by atoms with Crippen molar-refractivity contribution in [2.75, 3.05) is 11.4 Å². The summed E-state index contributed by atoms with van der Waals surface area (Å²) in [6.45, 7) is 4.84. The third-order valence-electron chi connectivity index (χ3n) is 3.64. The predicted octanol–water partition coefficient (Wildman–Crippen LogP) is 2.84. The number of para-hydroxylation sites is 1. The molecule has 1 aromatic carbocycles. The van der Waals surface area contributed by atoms with Gasteiger partial charge in [0, 0.05) is 10.0 Å². The third kappa shape index (κ3) is 2.87. The Morgan fingerprint density at radius 3 is 2.85 bits per heavy atom. The zero-order chi connectivity index (χ0) is 14.8. The van der Waals surface area contributed by atoms with Gasteiger partial charge in [-0.3, -0.25) is 4.79 Å². The van der Waals surface area contributed by atoms with Gasteiger partial charge in [-0.05, 0) is 54.9 Å². The van der Waals surface area contributed by atoms with E-state index in [1.54, 1.807) is 0 Å². The fourth-order valence-corrected chi connectivity index (χ4v) is 3.00. The van der Waals surface area contributed by atoms with Crippen molar-refractivity contribution in [3.8, 4) is 6.07 Å². The first kappa shape index (κ1) is 15.0. The topological polar surface area (TPSA) is 56.1 Å². The van der Waals surface area contributed by atoms with E-state index in [1.165, 1.54) is 0 Å². The van der Waals surface area contributed by atoms with Crippen LogP contribution in [-0.2, 0) is 4.79 Å². The van der Waals surface area contributed by atoms with E-state index < -0.39 is 6.04 Å². The number of rotatable bonds is 2. The lowest BCUT2D eigenvalue weighted by Gasteiger charge is -2.38. The molecule has 1 aliphatic heterocycles. The zero-order valence-corrected chi connectivity index (χ0v) is 13.3. The molecule has 20 heavy (non-hydrogen) atoms. The average Bonchev–Trinajstić information content (AvgIpc) is 2.49. The van der Waals surface area contributed by atoms with Gasteiger partial charge in [-0.25, -0.2) is 0 Å². The molecule has 1 amide bonds. The van der Waals surface area contributed by atoms with Crippen molar-refractivity contribution in [1.29, 1.82) is 5.26 Å². The highest BCUT2D eigenvalue weighted by Crippen LogP contribution is 2.34. The van der Waals surface area contributed by atoms with Crippen molar-refractivity contribution in [2.45, 2.75) is 38.3 Å². The van der Waals surface area contributed by atoms with Crippen molar-refractivity contribution in [2.24, 2.45) is 0 Å². The Morgan fingerprint density at radius 1 is 1.50 bits per heavy atom. The fourth-order valence-electron chi connectivity index (χ4n) is 2.53. The summed E-state index contributed by atoms with van der Waals surface area (Å²) in [6.07, 6.45) is 1.03. The molecule has 0 bridgehead atoms. The van der Waals surface area contributed by atoms with Gasteiger partial charge in [0.15, 0.2) is 0 Å². The number of hydrogen-bond donors (Lipinski definition) is 1. The molecule has 4 nitrogen and oxygen atoms in total. The molecule has 1 aliphatic rings. The lowest BCUT2D eigenvalue weighted by molar-refractivity contribution is -0.121. The molecule has 0 spiro atoms. The van der Waals surface area contributed by atoms with Crippen LogP contribution in [0.25, 0.3) is 0 Å². The highest BCUT2D eigenvalue weighted by Gasteiger charge is 2.39. The Morgan fingerprint density at radius 2 is 2.20 bits per heavy atom. The largest absolute Gasteiger partial charge is 0.305 e. The van der Waals surface area contributed by atoms with Gasteiger partial charge in [-0.1, -0.05) is 12.1 Å². The maximum atomic E-state index is 12.8. The van der Waals surface area contributed by atoms with Gasteiger partial charge < -0.3 is 10.2 Å². The van der Waals surface area contributed by atoms with Gasteiger partial charge in [-0.15, -0.1) is 0 Å². The van der Waals surface area contributed by atoms with Crippen LogP contribution in [0.3, 0.4) is 0 Å². The molecule has 2 rings (SSSR count). The third-order valence-corrected chi connectivity index (χ3v) is 4.31. The number of hydrogen-bond acceptors (Lipinski definition) is 3. The summed E-state index contributed by atoms with van der Waals surface area (Å²) >= 11 is 3.52. The molecule has 106 valence electrons. The highest BCUT2D eigenvalue weighted by molar-refractivity contribution is 9.10. The smallest absolute Gasteiger partial charge is 0.245 e. The van der Waals surface area contributed by atoms with Gasteiger partial charge in [-0.2, -0.15) is 5.26 Å². The molecular weight excluding hydrogens is 318 g/mol. The van der Waals surface area contributed by atoms with Crippen molar-refractivity contribution in [1.82, 2.24) is 5.32 Å². The number of benzene rings is 1. The van der Waals surface area contributed by atoms with E-state index in [9.17, 15) is 4.79 Å². The summed E-state index contributed by atoms with van der Waals surface area (Å²) in [6, 6.07) is 9.35. The van der Waals surface area contributed by atoms with Crippen LogP contribution in [0, 0.1) is 11.3 Å². The number of anilines is 1. The van der Waals surface area contributed by atoms with E-state index in [0.717, 1.165) is 23.1 Å². The Kier molecular flexibility index (Phi) is 4.46. The van der Waals surface area contributed by atoms with Crippen molar-refractivity contribution in [3.05, 3.63) is 28.7 Å². The number of amides is 1. The number of nitriles is 1. The van der Waals surface area contributed by atoms with Crippen LogP contribution in [0.1, 0.15) is 26.7 Å². The van der Waals surface area contributed by atoms with Gasteiger partial charge in [0.2, 0.25) is 5.91 Å². The molecule has 1 heterocycles. The summed E-state index contributed by atoms with van der Waals surface area (Å²) in [7, 11) is 0. The lowest BCUT2D eigenvalue weighted by Crippen LogP contribution is -2.51. The first-order valence-electron chi connectivity index (χ1n) is 6.66. The van der Waals surface area contributed by atoms with Crippen molar-refractivity contribution >= 4 is 27.5 Å². The second kappa shape index (κ2) is 5.94. The van der Waals surface area contributed by atoms with Crippen LogP contribution in [-0.4, -0.2) is 24.0 Å². The molecule has 0 aromatic heterocycles. The van der Waals surface area contributed by atoms with Gasteiger partial charge >= 0.3 is 0 Å². The SMILES string of the molecule is CC1(C)CCNC(CC#N)C(=O)N1c1ccccc1Br. The van der Waals surface area contributed by atoms with Gasteiger partial charge in [0.1, 0.15) is 6.04 Å². The minimum Gasteiger partial charge on any atom is -0.305 e. The zero-order valence-electron chi connectivity index (χ0n) is 11.7. The van der Waals surface area contributed by atoms with E-state index in [0.29, 0.717) is 0 Å². The molecule has 5 heteroatoms. The second-order valence-corrected chi connectivity index (χ2v) is 6.41. The first-order chi connectivity index (χ1) is 9.47. The lowest BCUT2D eigenvalue weighted by atomic mass is 9.97. The fraction of sp³-hybridized carbons (Fsp3) is 0.467. The Balaban J connectivity index is 2.46. The Labute approximate surface area is 127 Å². The van der Waals surface area contributed by atoms with E-state index in [-0.39, 0.29) is 17.9 Å². The average molecular weight is 336 g/mol. The predicted molar refractivity (Wildman–Crippen MR) is 82.3 cm³/mol. The number of carbonyl (C=O) groups is 1. The highest BCUT2D eigenvalue weighted by atomic mass is 79.9. The van der Waals surface area contributed by atoms with E-state index in [4.69, 9.17) is 5.26 Å². The van der Waals surface area contributed by atoms with Gasteiger partial charge in [0.05, 0.1) is 18.2 Å². The number of nitrogens with zero attached hydrogens (tertiary/aromatic N) is 2. The summed E-state index contributed by atoms with van der Waals surface area (Å²) in [4.78, 5) is 14.6. The van der Waals surface area contributed by atoms with E-state index >= 15 is 0 Å². The molecule has 0 aliphatic carbocycles. The molecule has 0 saturated carbocycles. The minimum absolute atomic E-state index is 0.0408. The Bertz CT molecular complexity index is 550. The van der Waals surface area contributed by atoms with E-state index in [1.807, 2.05) is 29.2 Å². The summed E-state index contributed by atoms with van der Waals surface area (Å²) in [5.74, 6) is -0.0408. The molecule has 1 aromatic rings.